The fourth-order valence-electron chi connectivity index (χ4n) is 3.77. The summed E-state index contributed by atoms with van der Waals surface area (Å²) in [5.74, 6) is -0.126. The molecule has 0 spiro atoms. The van der Waals surface area contributed by atoms with Crippen LogP contribution in [0.5, 0.6) is 5.75 Å². The summed E-state index contributed by atoms with van der Waals surface area (Å²) in [5.41, 5.74) is -0.343. The van der Waals surface area contributed by atoms with E-state index in [9.17, 15) is 10.2 Å². The summed E-state index contributed by atoms with van der Waals surface area (Å²) in [4.78, 5) is 0. The Morgan fingerprint density at radius 1 is 1.00 bits per heavy atom. The third kappa shape index (κ3) is 2.69. The van der Waals surface area contributed by atoms with Crippen LogP contribution in [0.2, 0.25) is 0 Å². The van der Waals surface area contributed by atoms with E-state index in [0.717, 1.165) is 16.3 Å². The quantitative estimate of drug-likeness (QED) is 0.870. The molecular weight excluding hydrogens is 336 g/mol. The lowest BCUT2D eigenvalue weighted by atomic mass is 9.96. The van der Waals surface area contributed by atoms with Crippen LogP contribution in [-0.4, -0.2) is 53.3 Å². The fourth-order valence-corrected chi connectivity index (χ4v) is 3.77. The Morgan fingerprint density at radius 3 is 2.46 bits per heavy atom. The van der Waals surface area contributed by atoms with Crippen molar-refractivity contribution in [2.45, 2.75) is 50.7 Å². The van der Waals surface area contributed by atoms with E-state index in [-0.39, 0.29) is 0 Å². The Hall–Kier alpha value is -1.70. The molecule has 3 atom stereocenters. The highest BCUT2D eigenvalue weighted by atomic mass is 16.8. The zero-order chi connectivity index (χ0) is 18.5. The average Bonchev–Trinajstić information content (AvgIpc) is 3.07. The Bertz CT molecular complexity index is 813. The van der Waals surface area contributed by atoms with E-state index in [2.05, 4.69) is 0 Å². The number of rotatable bonds is 4. The third-order valence-corrected chi connectivity index (χ3v) is 5.11. The summed E-state index contributed by atoms with van der Waals surface area (Å²) in [6.07, 6.45) is -1.97. The van der Waals surface area contributed by atoms with Crippen molar-refractivity contribution in [2.24, 2.45) is 0 Å². The van der Waals surface area contributed by atoms with E-state index in [1.165, 1.54) is 0 Å². The van der Waals surface area contributed by atoms with Crippen LogP contribution in [0.1, 0.15) is 19.4 Å². The Labute approximate surface area is 152 Å². The van der Waals surface area contributed by atoms with Gasteiger partial charge in [-0.15, -0.1) is 0 Å². The maximum absolute atomic E-state index is 9.96. The van der Waals surface area contributed by atoms with Gasteiger partial charge >= 0.3 is 0 Å². The van der Waals surface area contributed by atoms with Gasteiger partial charge in [0.05, 0.1) is 13.2 Å². The number of benzene rings is 2. The minimum Gasteiger partial charge on any atom is -0.483 e. The first kappa shape index (κ1) is 17.7. The van der Waals surface area contributed by atoms with Crippen molar-refractivity contribution in [1.82, 2.24) is 0 Å². The van der Waals surface area contributed by atoms with Crippen LogP contribution in [0, 0.1) is 6.92 Å². The SMILES string of the molecule is Cc1ccc2ccccc2c1O[C@H]1[C@H]2OC(C)(C)O[C@H]2OC1(CO)CO. The van der Waals surface area contributed by atoms with Crippen molar-refractivity contribution in [3.8, 4) is 5.75 Å². The molecule has 0 amide bonds. The molecule has 0 unspecified atom stereocenters. The molecule has 6 heteroatoms. The van der Waals surface area contributed by atoms with Crippen LogP contribution < -0.4 is 4.74 Å². The van der Waals surface area contributed by atoms with Crippen molar-refractivity contribution < 1.29 is 29.2 Å². The van der Waals surface area contributed by atoms with Crippen LogP contribution in [0.25, 0.3) is 10.8 Å². The third-order valence-electron chi connectivity index (χ3n) is 5.11. The maximum atomic E-state index is 9.96. The van der Waals surface area contributed by atoms with Crippen LogP contribution in [0.15, 0.2) is 36.4 Å². The second-order valence-electron chi connectivity index (χ2n) is 7.44. The summed E-state index contributed by atoms with van der Waals surface area (Å²) in [5, 5.41) is 21.9. The lowest BCUT2D eigenvalue weighted by Crippen LogP contribution is -2.53. The van der Waals surface area contributed by atoms with E-state index in [0.29, 0.717) is 5.75 Å². The molecule has 0 aliphatic carbocycles. The highest BCUT2D eigenvalue weighted by molar-refractivity contribution is 5.89. The van der Waals surface area contributed by atoms with Crippen molar-refractivity contribution in [3.05, 3.63) is 42.0 Å². The number of aliphatic hydroxyl groups excluding tert-OH is 2. The molecule has 26 heavy (non-hydrogen) atoms. The molecule has 2 saturated heterocycles. The Kier molecular flexibility index (Phi) is 4.21. The number of hydrogen-bond acceptors (Lipinski definition) is 6. The summed E-state index contributed by atoms with van der Waals surface area (Å²) in [6, 6.07) is 11.9. The molecular formula is C20H24O6. The molecule has 2 aromatic carbocycles. The van der Waals surface area contributed by atoms with Crippen molar-refractivity contribution in [2.75, 3.05) is 13.2 Å². The van der Waals surface area contributed by atoms with E-state index < -0.39 is 43.1 Å². The van der Waals surface area contributed by atoms with Crippen LogP contribution in [0.4, 0.5) is 0 Å². The summed E-state index contributed by atoms with van der Waals surface area (Å²) in [7, 11) is 0. The van der Waals surface area contributed by atoms with Gasteiger partial charge in [-0.1, -0.05) is 36.4 Å². The standard InChI is InChI=1S/C20H24O6/c1-12-8-9-13-6-4-5-7-14(13)15(12)23-17-16-18(25-19(2,3)24-16)26-20(17,10-21)11-22/h4-9,16-18,21-22H,10-11H2,1-3H3/t16-,17+,18+/m1/s1. The van der Waals surface area contributed by atoms with Gasteiger partial charge in [0.2, 0.25) is 0 Å². The van der Waals surface area contributed by atoms with Gasteiger partial charge in [-0.05, 0) is 31.7 Å². The van der Waals surface area contributed by atoms with Gasteiger partial charge < -0.3 is 29.2 Å². The second kappa shape index (κ2) is 6.18. The van der Waals surface area contributed by atoms with Gasteiger partial charge in [0.25, 0.3) is 0 Å². The van der Waals surface area contributed by atoms with E-state index in [1.54, 1.807) is 13.8 Å². The van der Waals surface area contributed by atoms with Crippen molar-refractivity contribution >= 4 is 10.8 Å². The molecule has 4 rings (SSSR count). The van der Waals surface area contributed by atoms with Gasteiger partial charge in [0.15, 0.2) is 29.9 Å². The van der Waals surface area contributed by atoms with Gasteiger partial charge in [0.1, 0.15) is 5.75 Å². The van der Waals surface area contributed by atoms with Crippen LogP contribution >= 0.6 is 0 Å². The molecule has 2 heterocycles. The molecule has 6 nitrogen and oxygen atoms in total. The first-order chi connectivity index (χ1) is 12.4. The van der Waals surface area contributed by atoms with Gasteiger partial charge in [0, 0.05) is 5.39 Å². The molecule has 0 saturated carbocycles. The molecule has 2 aliphatic rings. The van der Waals surface area contributed by atoms with Gasteiger partial charge in [-0.25, -0.2) is 0 Å². The van der Waals surface area contributed by atoms with Crippen LogP contribution in [-0.2, 0) is 14.2 Å². The largest absolute Gasteiger partial charge is 0.483 e. The number of fused-ring (bicyclic) bond motifs is 2. The lowest BCUT2D eigenvalue weighted by Gasteiger charge is -2.34. The molecule has 2 fully saturated rings. The second-order valence-corrected chi connectivity index (χ2v) is 7.44. The zero-order valence-electron chi connectivity index (χ0n) is 15.1. The van der Waals surface area contributed by atoms with E-state index in [4.69, 9.17) is 18.9 Å². The molecule has 0 bridgehead atoms. The highest BCUT2D eigenvalue weighted by Crippen LogP contribution is 2.44. The van der Waals surface area contributed by atoms with Crippen molar-refractivity contribution in [3.63, 3.8) is 0 Å². The van der Waals surface area contributed by atoms with Gasteiger partial charge in [-0.3, -0.25) is 0 Å². The monoisotopic (exact) mass is 360 g/mol. The lowest BCUT2D eigenvalue weighted by molar-refractivity contribution is -0.250. The maximum Gasteiger partial charge on any atom is 0.191 e. The fraction of sp³-hybridized carbons (Fsp3) is 0.500. The predicted molar refractivity (Wildman–Crippen MR) is 94.9 cm³/mol. The summed E-state index contributed by atoms with van der Waals surface area (Å²) in [6.45, 7) is 4.75. The number of ether oxygens (including phenoxy) is 4. The summed E-state index contributed by atoms with van der Waals surface area (Å²) >= 11 is 0. The smallest absolute Gasteiger partial charge is 0.191 e. The van der Waals surface area contributed by atoms with E-state index >= 15 is 0 Å². The molecule has 2 aliphatic heterocycles. The van der Waals surface area contributed by atoms with E-state index in [1.807, 2.05) is 43.3 Å². The van der Waals surface area contributed by atoms with Crippen LogP contribution in [0.3, 0.4) is 0 Å². The molecule has 0 aromatic heterocycles. The Morgan fingerprint density at radius 2 is 1.73 bits per heavy atom. The minimum absolute atomic E-state index is 0.405. The topological polar surface area (TPSA) is 77.4 Å². The van der Waals surface area contributed by atoms with Crippen molar-refractivity contribution in [1.29, 1.82) is 0 Å². The number of hydrogen-bond donors (Lipinski definition) is 2. The zero-order valence-corrected chi connectivity index (χ0v) is 15.1. The predicted octanol–water partition coefficient (Wildman–Crippen LogP) is 2.13. The summed E-state index contributed by atoms with van der Waals surface area (Å²) < 4.78 is 24.0. The highest BCUT2D eigenvalue weighted by Gasteiger charge is 2.63. The minimum atomic E-state index is -1.30. The van der Waals surface area contributed by atoms with Gasteiger partial charge in [-0.2, -0.15) is 0 Å². The first-order valence-electron chi connectivity index (χ1n) is 8.79. The molecule has 0 radical (unpaired) electrons. The average molecular weight is 360 g/mol. The normalized spacial score (nSPS) is 29.0. The first-order valence-corrected chi connectivity index (χ1v) is 8.79. The molecule has 140 valence electrons. The molecule has 2 N–H and O–H groups in total. The Balaban J connectivity index is 1.77. The number of aliphatic hydroxyl groups is 2. The molecule has 2 aromatic rings. The number of aryl methyl sites for hydroxylation is 1.